The monoisotopic (exact) mass is 450 g/mol. The van der Waals surface area contributed by atoms with Crippen molar-refractivity contribution in [3.8, 4) is 11.5 Å². The van der Waals surface area contributed by atoms with E-state index in [1.54, 1.807) is 48.5 Å². The summed E-state index contributed by atoms with van der Waals surface area (Å²) in [5.41, 5.74) is 7.46. The number of anilines is 1. The predicted octanol–water partition coefficient (Wildman–Crippen LogP) is 6.65. The van der Waals surface area contributed by atoms with Gasteiger partial charge in [0.1, 0.15) is 12.4 Å². The summed E-state index contributed by atoms with van der Waals surface area (Å²) in [6, 6.07) is 17.9. The minimum atomic E-state index is -0.833. The summed E-state index contributed by atoms with van der Waals surface area (Å²) in [6.45, 7) is 0.575. The summed E-state index contributed by atoms with van der Waals surface area (Å²) in [5, 5.41) is 4.84. The van der Waals surface area contributed by atoms with Gasteiger partial charge in [-0.05, 0) is 47.5 Å². The van der Waals surface area contributed by atoms with Crippen LogP contribution in [0.3, 0.4) is 0 Å². The third-order valence-electron chi connectivity index (χ3n) is 3.92. The van der Waals surface area contributed by atoms with Gasteiger partial charge in [0, 0.05) is 17.6 Å². The van der Waals surface area contributed by atoms with E-state index in [2.05, 4.69) is 5.32 Å². The number of amides is 1. The summed E-state index contributed by atoms with van der Waals surface area (Å²) in [5.74, 6) is 1.11. The van der Waals surface area contributed by atoms with E-state index >= 15 is 0 Å². The van der Waals surface area contributed by atoms with Crippen LogP contribution in [-0.4, -0.2) is 6.09 Å². The maximum atomic E-state index is 10.8. The number of ether oxygens (including phenoxy) is 2. The quantitative estimate of drug-likeness (QED) is 0.422. The zero-order valence-corrected chi connectivity index (χ0v) is 17.4. The highest BCUT2D eigenvalue weighted by atomic mass is 35.5. The minimum Gasteiger partial charge on any atom is -0.455 e. The highest BCUT2D eigenvalue weighted by molar-refractivity contribution is 6.42. The number of hydrogen-bond donors (Lipinski definition) is 2. The van der Waals surface area contributed by atoms with E-state index in [1.165, 1.54) is 0 Å². The molecule has 0 atom stereocenters. The summed E-state index contributed by atoms with van der Waals surface area (Å²) in [4.78, 5) is 10.8. The Morgan fingerprint density at radius 3 is 2.52 bits per heavy atom. The molecule has 0 heterocycles. The Balaban J connectivity index is 1.75. The van der Waals surface area contributed by atoms with Crippen molar-refractivity contribution < 1.29 is 14.3 Å². The van der Waals surface area contributed by atoms with Gasteiger partial charge in [-0.3, -0.25) is 0 Å². The number of carbonyl (C=O) groups excluding carboxylic acids is 1. The van der Waals surface area contributed by atoms with Crippen LogP contribution in [0.5, 0.6) is 11.5 Å². The Morgan fingerprint density at radius 2 is 1.76 bits per heavy atom. The van der Waals surface area contributed by atoms with Crippen molar-refractivity contribution in [2.75, 3.05) is 5.32 Å². The van der Waals surface area contributed by atoms with E-state index in [4.69, 9.17) is 50.0 Å². The number of rotatable bonds is 7. The number of nitrogens with two attached hydrogens (primary N) is 1. The number of nitrogens with one attached hydrogen (secondary N) is 1. The van der Waals surface area contributed by atoms with Crippen molar-refractivity contribution in [2.24, 2.45) is 5.73 Å². The zero-order chi connectivity index (χ0) is 20.8. The van der Waals surface area contributed by atoms with Crippen LogP contribution in [0.4, 0.5) is 10.5 Å². The molecule has 3 N–H and O–H groups in total. The van der Waals surface area contributed by atoms with Gasteiger partial charge < -0.3 is 20.5 Å². The SMILES string of the molecule is NC(=O)OCc1cccc(Oc2cc(Cl)ccc2NCc2ccc(Cl)c(Cl)c2)c1. The van der Waals surface area contributed by atoms with Crippen molar-refractivity contribution in [1.82, 2.24) is 0 Å². The molecule has 0 aromatic heterocycles. The van der Waals surface area contributed by atoms with Gasteiger partial charge in [-0.25, -0.2) is 4.79 Å². The second kappa shape index (κ2) is 9.74. The lowest BCUT2D eigenvalue weighted by Crippen LogP contribution is -2.12. The van der Waals surface area contributed by atoms with Crippen molar-refractivity contribution >= 4 is 46.6 Å². The number of halogens is 3. The van der Waals surface area contributed by atoms with Crippen molar-refractivity contribution in [3.63, 3.8) is 0 Å². The van der Waals surface area contributed by atoms with Gasteiger partial charge >= 0.3 is 6.09 Å². The summed E-state index contributed by atoms with van der Waals surface area (Å²) < 4.78 is 10.8. The Labute approximate surface area is 183 Å². The molecule has 0 saturated heterocycles. The number of primary amides is 1. The Bertz CT molecular complexity index is 1030. The Morgan fingerprint density at radius 1 is 0.931 bits per heavy atom. The minimum absolute atomic E-state index is 0.0600. The lowest BCUT2D eigenvalue weighted by Gasteiger charge is -2.14. The van der Waals surface area contributed by atoms with Gasteiger partial charge in [0.15, 0.2) is 5.75 Å². The van der Waals surface area contributed by atoms with E-state index in [0.717, 1.165) is 16.8 Å². The van der Waals surface area contributed by atoms with Gasteiger partial charge in [0.25, 0.3) is 0 Å². The molecule has 0 fully saturated rings. The zero-order valence-electron chi connectivity index (χ0n) is 15.1. The summed E-state index contributed by atoms with van der Waals surface area (Å²) >= 11 is 18.2. The first-order chi connectivity index (χ1) is 13.9. The van der Waals surface area contributed by atoms with Crippen LogP contribution in [0.25, 0.3) is 0 Å². The molecule has 0 spiro atoms. The van der Waals surface area contributed by atoms with Crippen LogP contribution in [0.1, 0.15) is 11.1 Å². The van der Waals surface area contributed by atoms with Gasteiger partial charge in [-0.15, -0.1) is 0 Å². The molecule has 3 aromatic carbocycles. The van der Waals surface area contributed by atoms with E-state index in [-0.39, 0.29) is 6.61 Å². The van der Waals surface area contributed by atoms with Crippen molar-refractivity contribution in [3.05, 3.63) is 86.9 Å². The molecule has 5 nitrogen and oxygen atoms in total. The van der Waals surface area contributed by atoms with Gasteiger partial charge in [0.05, 0.1) is 15.7 Å². The second-order valence-corrected chi connectivity index (χ2v) is 7.35. The average Bonchev–Trinajstić information content (AvgIpc) is 2.69. The molecule has 29 heavy (non-hydrogen) atoms. The third-order valence-corrected chi connectivity index (χ3v) is 4.89. The van der Waals surface area contributed by atoms with Crippen LogP contribution in [0.15, 0.2) is 60.7 Å². The van der Waals surface area contributed by atoms with E-state index in [1.807, 2.05) is 12.1 Å². The highest BCUT2D eigenvalue weighted by Gasteiger charge is 2.08. The molecule has 0 aliphatic carbocycles. The van der Waals surface area contributed by atoms with Gasteiger partial charge in [0.2, 0.25) is 0 Å². The smallest absolute Gasteiger partial charge is 0.404 e. The molecule has 150 valence electrons. The maximum Gasteiger partial charge on any atom is 0.404 e. The lowest BCUT2D eigenvalue weighted by molar-refractivity contribution is 0.150. The van der Waals surface area contributed by atoms with Gasteiger partial charge in [-0.1, -0.05) is 53.0 Å². The molecule has 0 radical (unpaired) electrons. The van der Waals surface area contributed by atoms with E-state index < -0.39 is 6.09 Å². The molecule has 0 aliphatic rings. The number of carbonyl (C=O) groups is 1. The molecule has 0 saturated carbocycles. The summed E-state index contributed by atoms with van der Waals surface area (Å²) in [7, 11) is 0. The predicted molar refractivity (Wildman–Crippen MR) is 116 cm³/mol. The van der Waals surface area contributed by atoms with Crippen LogP contribution in [0.2, 0.25) is 15.1 Å². The molecule has 0 bridgehead atoms. The summed E-state index contributed by atoms with van der Waals surface area (Å²) in [6.07, 6.45) is -0.833. The molecule has 3 aromatic rings. The first kappa shape index (κ1) is 21.1. The van der Waals surface area contributed by atoms with E-state index in [0.29, 0.717) is 33.1 Å². The fraction of sp³-hybridized carbons (Fsp3) is 0.0952. The number of hydrogen-bond acceptors (Lipinski definition) is 4. The van der Waals surface area contributed by atoms with Gasteiger partial charge in [-0.2, -0.15) is 0 Å². The average molecular weight is 452 g/mol. The molecule has 3 rings (SSSR count). The van der Waals surface area contributed by atoms with Crippen LogP contribution < -0.4 is 15.8 Å². The van der Waals surface area contributed by atoms with Crippen LogP contribution in [0, 0.1) is 0 Å². The normalized spacial score (nSPS) is 10.4. The largest absolute Gasteiger partial charge is 0.455 e. The van der Waals surface area contributed by atoms with Crippen LogP contribution in [-0.2, 0) is 17.9 Å². The molecular weight excluding hydrogens is 435 g/mol. The van der Waals surface area contributed by atoms with Crippen molar-refractivity contribution in [2.45, 2.75) is 13.2 Å². The van der Waals surface area contributed by atoms with Crippen molar-refractivity contribution in [1.29, 1.82) is 0 Å². The third kappa shape index (κ3) is 6.19. The Kier molecular flexibility index (Phi) is 7.09. The standard InChI is InChI=1S/C21H17Cl3N2O3/c22-15-5-7-19(26-11-13-4-6-17(23)18(24)9-13)20(10-15)29-16-3-1-2-14(8-16)12-28-21(25)27/h1-10,26H,11-12H2,(H2,25,27). The number of benzene rings is 3. The molecule has 8 heteroatoms. The highest BCUT2D eigenvalue weighted by Crippen LogP contribution is 2.33. The lowest BCUT2D eigenvalue weighted by atomic mass is 10.2. The molecule has 0 aliphatic heterocycles. The topological polar surface area (TPSA) is 73.6 Å². The fourth-order valence-electron chi connectivity index (χ4n) is 2.55. The van der Waals surface area contributed by atoms with Crippen LogP contribution >= 0.6 is 34.8 Å². The molecular formula is C21H17Cl3N2O3. The maximum absolute atomic E-state index is 10.8. The first-order valence-corrected chi connectivity index (χ1v) is 9.70. The first-order valence-electron chi connectivity index (χ1n) is 8.57. The van der Waals surface area contributed by atoms with E-state index in [9.17, 15) is 4.79 Å². The fourth-order valence-corrected chi connectivity index (χ4v) is 3.04. The Hall–Kier alpha value is -2.60. The molecule has 0 unspecified atom stereocenters. The molecule has 1 amide bonds. The second-order valence-electron chi connectivity index (χ2n) is 6.10.